The first kappa shape index (κ1) is 56.7. The van der Waals surface area contributed by atoms with Crippen molar-refractivity contribution >= 4 is 23.9 Å². The lowest BCUT2D eigenvalue weighted by molar-refractivity contribution is -0.301. The van der Waals surface area contributed by atoms with Gasteiger partial charge in [0, 0.05) is 19.3 Å². The molecule has 0 spiro atoms. The number of ether oxygens (including phenoxy) is 5. The molecule has 1 heterocycles. The minimum atomic E-state index is -1.89. The van der Waals surface area contributed by atoms with Crippen LogP contribution in [0.1, 0.15) is 239 Å². The summed E-state index contributed by atoms with van der Waals surface area (Å²) >= 11 is 0. The maximum atomic E-state index is 13.0. The molecule has 0 aliphatic carbocycles. The second-order valence-corrected chi connectivity index (χ2v) is 17.5. The summed E-state index contributed by atoms with van der Waals surface area (Å²) in [6.07, 6.45) is 25.4. The van der Waals surface area contributed by atoms with Crippen molar-refractivity contribution in [1.82, 2.24) is 0 Å². The summed E-state index contributed by atoms with van der Waals surface area (Å²) in [5.41, 5.74) is 0. The Bertz CT molecular complexity index is 1090. The zero-order chi connectivity index (χ0) is 44.8. The molecule has 0 saturated carbocycles. The Hall–Kier alpha value is -2.28. The Labute approximate surface area is 370 Å². The lowest BCUT2D eigenvalue weighted by atomic mass is 9.98. The zero-order valence-corrected chi connectivity index (χ0v) is 38.9. The van der Waals surface area contributed by atoms with Gasteiger partial charge in [0.05, 0.1) is 6.61 Å². The van der Waals surface area contributed by atoms with E-state index in [4.69, 9.17) is 23.7 Å². The van der Waals surface area contributed by atoms with Crippen LogP contribution < -0.4 is 0 Å². The van der Waals surface area contributed by atoms with E-state index in [1.54, 1.807) is 0 Å². The molecule has 0 amide bonds. The van der Waals surface area contributed by atoms with Gasteiger partial charge in [-0.05, 0) is 19.3 Å². The summed E-state index contributed by atoms with van der Waals surface area (Å²) in [6, 6.07) is 0. The highest BCUT2D eigenvalue weighted by atomic mass is 16.7. The van der Waals surface area contributed by atoms with Gasteiger partial charge in [-0.3, -0.25) is 14.4 Å². The molecule has 6 atom stereocenters. The van der Waals surface area contributed by atoms with E-state index in [0.717, 1.165) is 64.2 Å². The monoisotopic (exact) mass is 871 g/mol. The van der Waals surface area contributed by atoms with Crippen molar-refractivity contribution < 1.29 is 58.2 Å². The summed E-state index contributed by atoms with van der Waals surface area (Å²) in [5, 5.41) is 31.2. The van der Waals surface area contributed by atoms with Crippen molar-refractivity contribution in [3.05, 3.63) is 0 Å². The molecule has 61 heavy (non-hydrogen) atoms. The van der Waals surface area contributed by atoms with E-state index >= 15 is 0 Å². The largest absolute Gasteiger partial charge is 0.479 e. The Morgan fingerprint density at radius 1 is 0.475 bits per heavy atom. The number of unbranched alkanes of at least 4 members (excludes halogenated alkanes) is 28. The molecular formula is C49H90O12. The maximum Gasteiger partial charge on any atom is 0.335 e. The average Bonchev–Trinajstić information content (AvgIpc) is 3.24. The number of rotatable bonds is 42. The van der Waals surface area contributed by atoms with Gasteiger partial charge in [0.1, 0.15) is 18.8 Å². The quantitative estimate of drug-likeness (QED) is 0.0301. The lowest BCUT2D eigenvalue weighted by Gasteiger charge is -2.40. The first-order valence-corrected chi connectivity index (χ1v) is 25.0. The number of carboxylic acid groups (broad SMARTS) is 1. The van der Waals surface area contributed by atoms with Crippen molar-refractivity contribution in [1.29, 1.82) is 0 Å². The number of hydrogen-bond acceptors (Lipinski definition) is 11. The third kappa shape index (κ3) is 30.4. The summed E-state index contributed by atoms with van der Waals surface area (Å²) in [7, 11) is 0. The van der Waals surface area contributed by atoms with Gasteiger partial charge in [-0.2, -0.15) is 0 Å². The molecule has 1 aliphatic rings. The molecule has 12 heteroatoms. The number of esters is 3. The van der Waals surface area contributed by atoms with Crippen LogP contribution in [0.4, 0.5) is 0 Å². The van der Waals surface area contributed by atoms with Crippen LogP contribution in [-0.4, -0.2) is 89.2 Å². The van der Waals surface area contributed by atoms with Crippen molar-refractivity contribution in [2.24, 2.45) is 0 Å². The van der Waals surface area contributed by atoms with Gasteiger partial charge in [0.15, 0.2) is 24.6 Å². The Kier molecular flexibility index (Phi) is 36.6. The van der Waals surface area contributed by atoms with E-state index in [-0.39, 0.29) is 25.9 Å². The molecule has 1 saturated heterocycles. The van der Waals surface area contributed by atoms with E-state index in [2.05, 4.69) is 20.8 Å². The predicted molar refractivity (Wildman–Crippen MR) is 239 cm³/mol. The third-order valence-electron chi connectivity index (χ3n) is 11.7. The summed E-state index contributed by atoms with van der Waals surface area (Å²) in [5.74, 6) is -3.09. The smallest absolute Gasteiger partial charge is 0.335 e. The van der Waals surface area contributed by atoms with Crippen LogP contribution in [0.2, 0.25) is 0 Å². The van der Waals surface area contributed by atoms with Crippen LogP contribution >= 0.6 is 0 Å². The molecule has 1 fully saturated rings. The molecule has 0 aromatic carbocycles. The minimum Gasteiger partial charge on any atom is -0.479 e. The molecule has 1 aliphatic heterocycles. The van der Waals surface area contributed by atoms with Crippen LogP contribution in [0.25, 0.3) is 0 Å². The summed E-state index contributed by atoms with van der Waals surface area (Å²) in [4.78, 5) is 50.6. The number of aliphatic hydroxyl groups excluding tert-OH is 2. The van der Waals surface area contributed by atoms with Gasteiger partial charge in [0.2, 0.25) is 0 Å². The number of hydrogen-bond donors (Lipinski definition) is 3. The maximum absolute atomic E-state index is 13.0. The first-order valence-electron chi connectivity index (χ1n) is 25.0. The second kappa shape index (κ2) is 39.3. The number of carboxylic acids is 1. The van der Waals surface area contributed by atoms with E-state index < -0.39 is 67.3 Å². The fourth-order valence-corrected chi connectivity index (χ4v) is 7.78. The summed E-state index contributed by atoms with van der Waals surface area (Å²) < 4.78 is 28.2. The molecular weight excluding hydrogens is 781 g/mol. The number of carbonyl (C=O) groups excluding carboxylic acids is 3. The zero-order valence-electron chi connectivity index (χ0n) is 38.9. The average molecular weight is 871 g/mol. The molecule has 0 aromatic heterocycles. The number of aliphatic hydroxyl groups is 2. The fraction of sp³-hybridized carbons (Fsp3) is 0.918. The number of aliphatic carboxylic acids is 1. The Morgan fingerprint density at radius 3 is 1.23 bits per heavy atom. The van der Waals surface area contributed by atoms with Crippen molar-refractivity contribution in [2.75, 3.05) is 13.2 Å². The van der Waals surface area contributed by atoms with Gasteiger partial charge in [0.25, 0.3) is 0 Å². The molecule has 358 valence electrons. The third-order valence-corrected chi connectivity index (χ3v) is 11.7. The van der Waals surface area contributed by atoms with Crippen LogP contribution in [0, 0.1) is 0 Å². The van der Waals surface area contributed by atoms with Crippen LogP contribution in [0.5, 0.6) is 0 Å². The van der Waals surface area contributed by atoms with Gasteiger partial charge < -0.3 is 39.0 Å². The normalized spacial score (nSPS) is 19.4. The fourth-order valence-electron chi connectivity index (χ4n) is 7.78. The van der Waals surface area contributed by atoms with Crippen molar-refractivity contribution in [3.8, 4) is 0 Å². The highest BCUT2D eigenvalue weighted by Crippen LogP contribution is 2.26. The van der Waals surface area contributed by atoms with Crippen LogP contribution in [0.3, 0.4) is 0 Å². The number of carbonyl (C=O) groups is 4. The topological polar surface area (TPSA) is 175 Å². The lowest BCUT2D eigenvalue weighted by Crippen LogP contribution is -2.61. The van der Waals surface area contributed by atoms with E-state index in [0.29, 0.717) is 19.3 Å². The highest BCUT2D eigenvalue weighted by Gasteiger charge is 2.50. The van der Waals surface area contributed by atoms with Gasteiger partial charge in [-0.15, -0.1) is 0 Å². The van der Waals surface area contributed by atoms with E-state index in [1.807, 2.05) is 0 Å². The molecule has 0 aromatic rings. The minimum absolute atomic E-state index is 0.0680. The van der Waals surface area contributed by atoms with Crippen LogP contribution in [-0.2, 0) is 42.9 Å². The van der Waals surface area contributed by atoms with Crippen LogP contribution in [0.15, 0.2) is 0 Å². The highest BCUT2D eigenvalue weighted by molar-refractivity contribution is 5.74. The first-order chi connectivity index (χ1) is 29.6. The Morgan fingerprint density at radius 2 is 0.836 bits per heavy atom. The van der Waals surface area contributed by atoms with Crippen molar-refractivity contribution in [3.63, 3.8) is 0 Å². The molecule has 3 N–H and O–H groups in total. The summed E-state index contributed by atoms with van der Waals surface area (Å²) in [6.45, 7) is 5.93. The van der Waals surface area contributed by atoms with Gasteiger partial charge in [-0.1, -0.05) is 201 Å². The standard InChI is InChI=1S/C49H90O12/c1-4-7-10-13-16-19-21-24-26-29-32-35-41(50)57-38-40(59-42(51)36-33-30-28-25-22-20-17-14-11-8-5-2)39-58-49-47(45(54)44(53)46(61-49)48(55)56)60-43(52)37-34-31-27-23-18-15-12-9-6-3/h40,44-47,49,53-54H,4-39H2,1-3H3,(H,55,56). The predicted octanol–water partition coefficient (Wildman–Crippen LogP) is 11.2. The van der Waals surface area contributed by atoms with Crippen molar-refractivity contribution in [2.45, 2.75) is 276 Å². The van der Waals surface area contributed by atoms with Gasteiger partial charge in [-0.25, -0.2) is 4.79 Å². The molecule has 0 radical (unpaired) electrons. The molecule has 6 unspecified atom stereocenters. The van der Waals surface area contributed by atoms with E-state index in [9.17, 15) is 34.5 Å². The van der Waals surface area contributed by atoms with Gasteiger partial charge >= 0.3 is 23.9 Å². The Balaban J connectivity index is 2.74. The molecule has 1 rings (SSSR count). The SMILES string of the molecule is CCCCCCCCCCCCCC(=O)OCC(COC1OC(C(=O)O)C(O)C(O)C1OC(=O)CCCCCCCCCCC)OC(=O)CCCCCCCCCCCCC. The van der Waals surface area contributed by atoms with E-state index in [1.165, 1.54) is 116 Å². The molecule has 0 bridgehead atoms. The molecule has 12 nitrogen and oxygen atoms in total. The second-order valence-electron chi connectivity index (χ2n) is 17.5.